The first-order valence-corrected chi connectivity index (χ1v) is 7.07. The summed E-state index contributed by atoms with van der Waals surface area (Å²) in [5, 5.41) is 20.8. The quantitative estimate of drug-likeness (QED) is 0.526. The summed E-state index contributed by atoms with van der Waals surface area (Å²) in [7, 11) is 0. The van der Waals surface area contributed by atoms with Crippen LogP contribution >= 0.6 is 0 Å². The number of aromatic amines is 1. The second-order valence-electron chi connectivity index (χ2n) is 5.30. The van der Waals surface area contributed by atoms with Crippen LogP contribution < -0.4 is 0 Å². The van der Waals surface area contributed by atoms with Gasteiger partial charge in [0, 0.05) is 21.9 Å². The molecule has 0 aliphatic carbocycles. The van der Waals surface area contributed by atoms with Crippen LogP contribution in [-0.2, 0) is 0 Å². The number of pyridine rings is 1. The zero-order valence-electron chi connectivity index (χ0n) is 11.9. The van der Waals surface area contributed by atoms with Crippen LogP contribution in [-0.4, -0.2) is 26.2 Å². The lowest BCUT2D eigenvalue weighted by Crippen LogP contribution is -2.01. The molecular formula is C18H12N2O3. The molecule has 0 atom stereocenters. The number of phenols is 1. The Labute approximate surface area is 130 Å². The van der Waals surface area contributed by atoms with Gasteiger partial charge in [0.1, 0.15) is 11.4 Å². The number of hydrogen-bond donors (Lipinski definition) is 3. The van der Waals surface area contributed by atoms with E-state index in [0.29, 0.717) is 11.3 Å². The van der Waals surface area contributed by atoms with E-state index in [1.165, 1.54) is 0 Å². The predicted molar refractivity (Wildman–Crippen MR) is 87.7 cm³/mol. The molecule has 0 fully saturated rings. The third-order valence-electron chi connectivity index (χ3n) is 3.84. The Bertz CT molecular complexity index is 1070. The number of nitrogens with zero attached hydrogens (tertiary/aromatic N) is 1. The number of fused-ring (bicyclic) bond motifs is 3. The van der Waals surface area contributed by atoms with Crippen molar-refractivity contribution in [3.63, 3.8) is 0 Å². The van der Waals surface area contributed by atoms with Gasteiger partial charge >= 0.3 is 5.97 Å². The number of carboxylic acid groups (broad SMARTS) is 1. The summed E-state index contributed by atoms with van der Waals surface area (Å²) >= 11 is 0. The molecule has 0 aliphatic heterocycles. The maximum Gasteiger partial charge on any atom is 0.354 e. The first-order valence-electron chi connectivity index (χ1n) is 7.07. The SMILES string of the molecule is O=C(O)c1cc2c([nH]c3ccccc32)c(-c2cccc(O)c2)n1. The van der Waals surface area contributed by atoms with E-state index in [0.717, 1.165) is 21.8 Å². The molecule has 5 heteroatoms. The topological polar surface area (TPSA) is 86.2 Å². The number of phenolic OH excluding ortho intramolecular Hbond substituents is 1. The first kappa shape index (κ1) is 13.3. The fourth-order valence-corrected chi connectivity index (χ4v) is 2.82. The third kappa shape index (κ3) is 2.10. The van der Waals surface area contributed by atoms with Crippen molar-refractivity contribution in [1.29, 1.82) is 0 Å². The number of benzene rings is 2. The van der Waals surface area contributed by atoms with Crippen LogP contribution in [0.1, 0.15) is 10.5 Å². The summed E-state index contributed by atoms with van der Waals surface area (Å²) in [6, 6.07) is 15.9. The fraction of sp³-hybridized carbons (Fsp3) is 0. The molecule has 0 saturated heterocycles. The Balaban J connectivity index is 2.15. The number of H-pyrrole nitrogens is 1. The van der Waals surface area contributed by atoms with Gasteiger partial charge in [-0.3, -0.25) is 0 Å². The van der Waals surface area contributed by atoms with Gasteiger partial charge in [-0.1, -0.05) is 30.3 Å². The minimum absolute atomic E-state index is 0.0272. The largest absolute Gasteiger partial charge is 0.508 e. The minimum atomic E-state index is -1.08. The van der Waals surface area contributed by atoms with E-state index < -0.39 is 5.97 Å². The highest BCUT2D eigenvalue weighted by Crippen LogP contribution is 2.33. The van der Waals surface area contributed by atoms with Crippen LogP contribution in [0.2, 0.25) is 0 Å². The molecule has 2 aromatic heterocycles. The molecule has 0 bridgehead atoms. The van der Waals surface area contributed by atoms with E-state index in [-0.39, 0.29) is 11.4 Å². The molecular weight excluding hydrogens is 292 g/mol. The lowest BCUT2D eigenvalue weighted by atomic mass is 10.1. The van der Waals surface area contributed by atoms with Crippen LogP contribution in [0.15, 0.2) is 54.6 Å². The van der Waals surface area contributed by atoms with Gasteiger partial charge < -0.3 is 15.2 Å². The predicted octanol–water partition coefficient (Wildman–Crippen LogP) is 3.79. The second kappa shape index (κ2) is 4.84. The minimum Gasteiger partial charge on any atom is -0.508 e. The van der Waals surface area contributed by atoms with E-state index in [1.54, 1.807) is 30.3 Å². The van der Waals surface area contributed by atoms with Gasteiger partial charge in [-0.05, 0) is 24.3 Å². The molecule has 0 saturated carbocycles. The van der Waals surface area contributed by atoms with Crippen molar-refractivity contribution in [2.45, 2.75) is 0 Å². The van der Waals surface area contributed by atoms with E-state index in [2.05, 4.69) is 9.97 Å². The summed E-state index contributed by atoms with van der Waals surface area (Å²) < 4.78 is 0. The standard InChI is InChI=1S/C18H12N2O3/c21-11-5-3-4-10(8-11)16-17-13(9-15(20-16)18(22)23)12-6-1-2-7-14(12)19-17/h1-9,19,21H,(H,22,23). The first-order chi connectivity index (χ1) is 11.1. The summed E-state index contributed by atoms with van der Waals surface area (Å²) in [6.07, 6.45) is 0. The number of aromatic nitrogens is 2. The molecule has 112 valence electrons. The Hall–Kier alpha value is -3.34. The van der Waals surface area contributed by atoms with Crippen molar-refractivity contribution < 1.29 is 15.0 Å². The third-order valence-corrected chi connectivity index (χ3v) is 3.84. The molecule has 4 aromatic rings. The van der Waals surface area contributed by atoms with Crippen LogP contribution in [0.25, 0.3) is 33.1 Å². The molecule has 2 heterocycles. The van der Waals surface area contributed by atoms with Gasteiger partial charge in [0.25, 0.3) is 0 Å². The summed E-state index contributed by atoms with van der Waals surface area (Å²) in [6.45, 7) is 0. The van der Waals surface area contributed by atoms with Crippen molar-refractivity contribution in [2.24, 2.45) is 0 Å². The van der Waals surface area contributed by atoms with Gasteiger partial charge in [0.15, 0.2) is 0 Å². The number of aromatic carboxylic acids is 1. The number of carboxylic acids is 1. The van der Waals surface area contributed by atoms with Crippen molar-refractivity contribution in [3.05, 3.63) is 60.3 Å². The maximum absolute atomic E-state index is 11.4. The number of nitrogens with one attached hydrogen (secondary N) is 1. The lowest BCUT2D eigenvalue weighted by molar-refractivity contribution is 0.0691. The van der Waals surface area contributed by atoms with E-state index in [1.807, 2.05) is 24.3 Å². The number of para-hydroxylation sites is 1. The van der Waals surface area contributed by atoms with E-state index in [4.69, 9.17) is 0 Å². The highest BCUT2D eigenvalue weighted by molar-refractivity contribution is 6.12. The number of hydrogen-bond acceptors (Lipinski definition) is 3. The van der Waals surface area contributed by atoms with Crippen molar-refractivity contribution in [2.75, 3.05) is 0 Å². The molecule has 0 radical (unpaired) electrons. The van der Waals surface area contributed by atoms with Gasteiger partial charge in [-0.25, -0.2) is 9.78 Å². The Kier molecular flexibility index (Phi) is 2.81. The average molecular weight is 304 g/mol. The average Bonchev–Trinajstić information content (AvgIpc) is 2.92. The van der Waals surface area contributed by atoms with Crippen LogP contribution in [0.5, 0.6) is 5.75 Å². The molecule has 23 heavy (non-hydrogen) atoms. The zero-order chi connectivity index (χ0) is 16.0. The molecule has 4 rings (SSSR count). The Morgan fingerprint density at radius 2 is 1.83 bits per heavy atom. The Morgan fingerprint density at radius 1 is 1.00 bits per heavy atom. The molecule has 0 spiro atoms. The monoisotopic (exact) mass is 304 g/mol. The van der Waals surface area contributed by atoms with Crippen LogP contribution in [0.4, 0.5) is 0 Å². The fourth-order valence-electron chi connectivity index (χ4n) is 2.82. The van der Waals surface area contributed by atoms with Crippen molar-refractivity contribution >= 4 is 27.8 Å². The molecule has 0 unspecified atom stereocenters. The molecule has 5 nitrogen and oxygen atoms in total. The Morgan fingerprint density at radius 3 is 2.61 bits per heavy atom. The van der Waals surface area contributed by atoms with E-state index in [9.17, 15) is 15.0 Å². The van der Waals surface area contributed by atoms with Gasteiger partial charge in [0.05, 0.1) is 11.2 Å². The summed E-state index contributed by atoms with van der Waals surface area (Å²) in [5.74, 6) is -0.979. The molecule has 3 N–H and O–H groups in total. The van der Waals surface area contributed by atoms with Gasteiger partial charge in [-0.15, -0.1) is 0 Å². The number of carbonyl (C=O) groups is 1. The second-order valence-corrected chi connectivity index (χ2v) is 5.30. The van der Waals surface area contributed by atoms with Crippen LogP contribution in [0, 0.1) is 0 Å². The van der Waals surface area contributed by atoms with Crippen molar-refractivity contribution in [1.82, 2.24) is 9.97 Å². The molecule has 0 aliphatic rings. The maximum atomic E-state index is 11.4. The normalized spacial score (nSPS) is 11.1. The van der Waals surface area contributed by atoms with Crippen molar-refractivity contribution in [3.8, 4) is 17.0 Å². The van der Waals surface area contributed by atoms with Gasteiger partial charge in [0.2, 0.25) is 0 Å². The number of rotatable bonds is 2. The lowest BCUT2D eigenvalue weighted by Gasteiger charge is -2.05. The molecule has 2 aromatic carbocycles. The molecule has 0 amide bonds. The van der Waals surface area contributed by atoms with Gasteiger partial charge in [-0.2, -0.15) is 0 Å². The highest BCUT2D eigenvalue weighted by atomic mass is 16.4. The highest BCUT2D eigenvalue weighted by Gasteiger charge is 2.16. The summed E-state index contributed by atoms with van der Waals surface area (Å²) in [5.41, 5.74) is 2.80. The number of aromatic hydroxyl groups is 1. The van der Waals surface area contributed by atoms with Crippen LogP contribution in [0.3, 0.4) is 0 Å². The van der Waals surface area contributed by atoms with E-state index >= 15 is 0 Å². The summed E-state index contributed by atoms with van der Waals surface area (Å²) in [4.78, 5) is 19.0. The zero-order valence-corrected chi connectivity index (χ0v) is 11.9. The smallest absolute Gasteiger partial charge is 0.354 e.